The summed E-state index contributed by atoms with van der Waals surface area (Å²) in [5, 5.41) is 4.27. The Kier molecular flexibility index (Phi) is 2.92. The van der Waals surface area contributed by atoms with Crippen molar-refractivity contribution in [2.45, 2.75) is 11.3 Å². The second-order valence-electron chi connectivity index (χ2n) is 3.57. The van der Waals surface area contributed by atoms with Gasteiger partial charge in [-0.3, -0.25) is 9.19 Å². The van der Waals surface area contributed by atoms with E-state index in [-0.39, 0.29) is 0 Å². The van der Waals surface area contributed by atoms with Crippen LogP contribution in [-0.2, 0) is 10.8 Å². The quantitative estimate of drug-likeness (QED) is 0.735. The number of fused-ring (bicyclic) bond motifs is 1. The Morgan fingerprint density at radius 3 is 2.94 bits per heavy atom. The van der Waals surface area contributed by atoms with E-state index in [0.717, 1.165) is 16.3 Å². The maximum atomic E-state index is 11.6. The van der Waals surface area contributed by atoms with Crippen LogP contribution in [0.1, 0.15) is 6.92 Å². The minimum Gasteiger partial charge on any atom is -0.255 e. The Labute approximate surface area is 110 Å². The standard InChI is InChI=1S/C11H10N4OS2/c1-2-18(16)11-14-15-7-9(13-10(15)17-11)8-5-3-4-6-12-8/h3-7H,2H2,1H3. The van der Waals surface area contributed by atoms with E-state index in [0.29, 0.717) is 10.1 Å². The lowest BCUT2D eigenvalue weighted by Gasteiger charge is -1.92. The molecule has 18 heavy (non-hydrogen) atoms. The first kappa shape index (κ1) is 11.5. The average Bonchev–Trinajstić information content (AvgIpc) is 2.97. The lowest BCUT2D eigenvalue weighted by Crippen LogP contribution is -1.94. The number of hydrogen-bond acceptors (Lipinski definition) is 5. The van der Waals surface area contributed by atoms with Gasteiger partial charge in [0.25, 0.3) is 0 Å². The zero-order valence-electron chi connectivity index (χ0n) is 9.61. The lowest BCUT2D eigenvalue weighted by atomic mass is 10.3. The Bertz CT molecular complexity index is 673. The minimum atomic E-state index is -1.02. The molecule has 0 amide bonds. The molecule has 0 spiro atoms. The summed E-state index contributed by atoms with van der Waals surface area (Å²) in [6.45, 7) is 1.87. The maximum absolute atomic E-state index is 11.6. The lowest BCUT2D eigenvalue weighted by molar-refractivity contribution is 0.681. The summed E-state index contributed by atoms with van der Waals surface area (Å²) in [6.07, 6.45) is 3.54. The first-order valence-electron chi connectivity index (χ1n) is 5.44. The van der Waals surface area contributed by atoms with E-state index in [1.54, 1.807) is 10.7 Å². The van der Waals surface area contributed by atoms with Gasteiger partial charge in [-0.2, -0.15) is 0 Å². The molecule has 3 rings (SSSR count). The van der Waals surface area contributed by atoms with Crippen molar-refractivity contribution >= 4 is 27.1 Å². The van der Waals surface area contributed by atoms with Crippen LogP contribution in [-0.4, -0.2) is 29.5 Å². The van der Waals surface area contributed by atoms with Gasteiger partial charge in [-0.25, -0.2) is 9.50 Å². The minimum absolute atomic E-state index is 0.573. The van der Waals surface area contributed by atoms with Crippen molar-refractivity contribution in [2.24, 2.45) is 0 Å². The Hall–Kier alpha value is -1.60. The van der Waals surface area contributed by atoms with Crippen LogP contribution in [0.15, 0.2) is 34.9 Å². The van der Waals surface area contributed by atoms with Crippen molar-refractivity contribution in [2.75, 3.05) is 5.75 Å². The van der Waals surface area contributed by atoms with Gasteiger partial charge in [0.1, 0.15) is 5.69 Å². The highest BCUT2D eigenvalue weighted by Gasteiger charge is 2.13. The number of aromatic nitrogens is 4. The summed E-state index contributed by atoms with van der Waals surface area (Å²) in [7, 11) is -1.02. The molecule has 1 atom stereocenters. The van der Waals surface area contributed by atoms with Crippen molar-refractivity contribution in [3.63, 3.8) is 0 Å². The molecule has 92 valence electrons. The predicted molar refractivity (Wildman–Crippen MR) is 71.0 cm³/mol. The fourth-order valence-electron chi connectivity index (χ4n) is 1.54. The van der Waals surface area contributed by atoms with Gasteiger partial charge < -0.3 is 0 Å². The van der Waals surface area contributed by atoms with Gasteiger partial charge in [0.15, 0.2) is 0 Å². The third-order valence-corrected chi connectivity index (χ3v) is 4.93. The largest absolute Gasteiger partial charge is 0.255 e. The van der Waals surface area contributed by atoms with Gasteiger partial charge in [0, 0.05) is 11.9 Å². The molecule has 0 saturated heterocycles. The van der Waals surface area contributed by atoms with E-state index < -0.39 is 10.8 Å². The molecule has 0 bridgehead atoms. The summed E-state index contributed by atoms with van der Waals surface area (Å²) >= 11 is 1.36. The molecule has 0 aliphatic heterocycles. The highest BCUT2D eigenvalue weighted by molar-refractivity contribution is 7.87. The van der Waals surface area contributed by atoms with Crippen molar-refractivity contribution in [3.8, 4) is 11.4 Å². The third-order valence-electron chi connectivity index (χ3n) is 2.41. The van der Waals surface area contributed by atoms with Gasteiger partial charge >= 0.3 is 0 Å². The van der Waals surface area contributed by atoms with Crippen LogP contribution >= 0.6 is 11.3 Å². The third kappa shape index (κ3) is 1.95. The van der Waals surface area contributed by atoms with Crippen molar-refractivity contribution in [1.82, 2.24) is 19.6 Å². The molecule has 5 nitrogen and oxygen atoms in total. The van der Waals surface area contributed by atoms with Gasteiger partial charge in [0.05, 0.1) is 22.7 Å². The van der Waals surface area contributed by atoms with Gasteiger partial charge in [-0.1, -0.05) is 24.3 Å². The zero-order chi connectivity index (χ0) is 12.5. The molecule has 7 heteroatoms. The van der Waals surface area contributed by atoms with Crippen LogP contribution in [0, 0.1) is 0 Å². The molecular weight excluding hydrogens is 268 g/mol. The summed E-state index contributed by atoms with van der Waals surface area (Å²) in [5.74, 6) is 0.573. The Balaban J connectivity index is 2.04. The first-order valence-corrected chi connectivity index (χ1v) is 7.57. The number of rotatable bonds is 3. The van der Waals surface area contributed by atoms with Crippen LogP contribution in [0.4, 0.5) is 0 Å². The van der Waals surface area contributed by atoms with E-state index >= 15 is 0 Å². The highest BCUT2D eigenvalue weighted by atomic mass is 32.2. The van der Waals surface area contributed by atoms with Crippen molar-refractivity contribution in [3.05, 3.63) is 30.6 Å². The van der Waals surface area contributed by atoms with Crippen LogP contribution < -0.4 is 0 Å². The summed E-state index contributed by atoms with van der Waals surface area (Å²) in [6, 6.07) is 5.68. The molecule has 3 aromatic heterocycles. The molecule has 0 saturated carbocycles. The molecule has 3 aromatic rings. The Morgan fingerprint density at radius 2 is 2.28 bits per heavy atom. The SMILES string of the molecule is CCS(=O)c1nn2cc(-c3ccccn3)nc2s1. The second-order valence-corrected chi connectivity index (χ2v) is 6.44. The highest BCUT2D eigenvalue weighted by Crippen LogP contribution is 2.22. The fraction of sp³-hybridized carbons (Fsp3) is 0.182. The second kappa shape index (κ2) is 4.58. The summed E-state index contributed by atoms with van der Waals surface area (Å²) in [5.41, 5.74) is 1.59. The molecule has 0 aliphatic rings. The normalized spacial score (nSPS) is 12.9. The van der Waals surface area contributed by atoms with E-state index in [4.69, 9.17) is 0 Å². The number of nitrogens with zero attached hydrogens (tertiary/aromatic N) is 4. The number of imidazole rings is 1. The predicted octanol–water partition coefficient (Wildman–Crippen LogP) is 1.98. The molecule has 0 radical (unpaired) electrons. The maximum Gasteiger partial charge on any atom is 0.213 e. The van der Waals surface area contributed by atoms with E-state index in [9.17, 15) is 4.21 Å². The first-order chi connectivity index (χ1) is 8.78. The van der Waals surface area contributed by atoms with Gasteiger partial charge in [-0.05, 0) is 12.1 Å². The number of pyridine rings is 1. The molecule has 1 unspecified atom stereocenters. The summed E-state index contributed by atoms with van der Waals surface area (Å²) in [4.78, 5) is 9.42. The van der Waals surface area contributed by atoms with Crippen molar-refractivity contribution in [1.29, 1.82) is 0 Å². The van der Waals surface area contributed by atoms with E-state index in [2.05, 4.69) is 15.1 Å². The zero-order valence-corrected chi connectivity index (χ0v) is 11.2. The van der Waals surface area contributed by atoms with Gasteiger partial charge in [-0.15, -0.1) is 5.10 Å². The van der Waals surface area contributed by atoms with Gasteiger partial charge in [0.2, 0.25) is 9.30 Å². The number of hydrogen-bond donors (Lipinski definition) is 0. The summed E-state index contributed by atoms with van der Waals surface area (Å²) < 4.78 is 13.9. The Morgan fingerprint density at radius 1 is 1.39 bits per heavy atom. The molecule has 0 aromatic carbocycles. The fourth-order valence-corrected chi connectivity index (χ4v) is 3.53. The van der Waals surface area contributed by atoms with Crippen LogP contribution in [0.25, 0.3) is 16.3 Å². The molecule has 3 heterocycles. The molecule has 0 N–H and O–H groups in total. The van der Waals surface area contributed by atoms with Crippen LogP contribution in [0.2, 0.25) is 0 Å². The molecular formula is C11H10N4OS2. The topological polar surface area (TPSA) is 60.2 Å². The van der Waals surface area contributed by atoms with E-state index in [1.807, 2.05) is 31.3 Å². The molecule has 0 fully saturated rings. The molecule has 0 aliphatic carbocycles. The van der Waals surface area contributed by atoms with E-state index in [1.165, 1.54) is 11.3 Å². The average molecular weight is 278 g/mol. The van der Waals surface area contributed by atoms with Crippen LogP contribution in [0.5, 0.6) is 0 Å². The van der Waals surface area contributed by atoms with Crippen LogP contribution in [0.3, 0.4) is 0 Å². The van der Waals surface area contributed by atoms with Crippen molar-refractivity contribution < 1.29 is 4.21 Å². The monoisotopic (exact) mass is 278 g/mol. The smallest absolute Gasteiger partial charge is 0.213 e.